The fourth-order valence-electron chi connectivity index (χ4n) is 1.04. The molecule has 1 aliphatic carbocycles. The molecule has 0 aromatic rings. The molecule has 0 spiro atoms. The highest BCUT2D eigenvalue weighted by molar-refractivity contribution is 5.84. The highest BCUT2D eigenvalue weighted by Gasteiger charge is 2.36. The number of aliphatic hydroxyl groups excluding tert-OH is 2. The predicted molar refractivity (Wildman–Crippen MR) is 30.8 cm³/mol. The number of rotatable bonds is 0. The van der Waals surface area contributed by atoms with E-state index in [0.717, 1.165) is 0 Å². The Labute approximate surface area is 53.3 Å². The van der Waals surface area contributed by atoms with Gasteiger partial charge < -0.3 is 10.2 Å². The Hall–Kier alpha value is -0.410. The van der Waals surface area contributed by atoms with Crippen LogP contribution in [0.5, 0.6) is 0 Å². The molecule has 0 bridgehead atoms. The number of ketones is 1. The van der Waals surface area contributed by atoms with E-state index in [1.807, 2.05) is 0 Å². The molecule has 3 atom stereocenters. The second-order valence-electron chi connectivity index (χ2n) is 2.52. The summed E-state index contributed by atoms with van der Waals surface area (Å²) >= 11 is 0. The van der Waals surface area contributed by atoms with Crippen LogP contribution in [0.15, 0.2) is 0 Å². The summed E-state index contributed by atoms with van der Waals surface area (Å²) in [4.78, 5) is 10.7. The van der Waals surface area contributed by atoms with Crippen molar-refractivity contribution in [2.45, 2.75) is 25.6 Å². The van der Waals surface area contributed by atoms with E-state index in [2.05, 4.69) is 0 Å². The zero-order valence-corrected chi connectivity index (χ0v) is 5.24. The SMILES string of the molecule is C[C@H]1C(=O)CC(O)C1O. The van der Waals surface area contributed by atoms with Gasteiger partial charge in [-0.05, 0) is 0 Å². The summed E-state index contributed by atoms with van der Waals surface area (Å²) in [5.41, 5.74) is 0. The molecule has 1 saturated carbocycles. The van der Waals surface area contributed by atoms with Crippen LogP contribution in [0.1, 0.15) is 13.3 Å². The minimum Gasteiger partial charge on any atom is -0.390 e. The summed E-state index contributed by atoms with van der Waals surface area (Å²) in [5.74, 6) is -0.421. The summed E-state index contributed by atoms with van der Waals surface area (Å²) in [6, 6.07) is 0. The number of carbonyl (C=O) groups excluding carboxylic acids is 1. The lowest BCUT2D eigenvalue weighted by molar-refractivity contribution is -0.121. The van der Waals surface area contributed by atoms with Gasteiger partial charge in [-0.1, -0.05) is 6.92 Å². The summed E-state index contributed by atoms with van der Waals surface area (Å²) in [7, 11) is 0. The molecule has 0 aliphatic heterocycles. The Morgan fingerprint density at radius 3 is 2.22 bits per heavy atom. The van der Waals surface area contributed by atoms with Gasteiger partial charge in [-0.25, -0.2) is 0 Å². The van der Waals surface area contributed by atoms with Crippen LogP contribution in [0.25, 0.3) is 0 Å². The Balaban J connectivity index is 2.65. The van der Waals surface area contributed by atoms with E-state index in [-0.39, 0.29) is 18.1 Å². The highest BCUT2D eigenvalue weighted by atomic mass is 16.3. The zero-order valence-electron chi connectivity index (χ0n) is 5.24. The van der Waals surface area contributed by atoms with Gasteiger partial charge in [0, 0.05) is 12.3 Å². The van der Waals surface area contributed by atoms with Crippen molar-refractivity contribution in [1.82, 2.24) is 0 Å². The van der Waals surface area contributed by atoms with E-state index in [1.165, 1.54) is 0 Å². The number of Topliss-reactive ketones (excluding diaryl/α,β-unsaturated/α-hetero) is 1. The van der Waals surface area contributed by atoms with Gasteiger partial charge in [0.05, 0.1) is 12.2 Å². The first-order valence-corrected chi connectivity index (χ1v) is 3.02. The summed E-state index contributed by atoms with van der Waals surface area (Å²) in [6.07, 6.45) is -1.55. The van der Waals surface area contributed by atoms with E-state index in [4.69, 9.17) is 10.2 Å². The second-order valence-corrected chi connectivity index (χ2v) is 2.52. The van der Waals surface area contributed by atoms with Crippen molar-refractivity contribution in [2.75, 3.05) is 0 Å². The molecule has 1 fully saturated rings. The van der Waals surface area contributed by atoms with Gasteiger partial charge in [-0.15, -0.1) is 0 Å². The Bertz CT molecular complexity index is 132. The molecular formula is C6H10O3. The minimum absolute atomic E-state index is 0.0463. The van der Waals surface area contributed by atoms with Crippen molar-refractivity contribution in [3.8, 4) is 0 Å². The first-order chi connectivity index (χ1) is 4.13. The average Bonchev–Trinajstić information content (AvgIpc) is 1.98. The molecule has 0 radical (unpaired) electrons. The van der Waals surface area contributed by atoms with Gasteiger partial charge in [-0.3, -0.25) is 4.79 Å². The number of hydrogen-bond donors (Lipinski definition) is 2. The van der Waals surface area contributed by atoms with Crippen molar-refractivity contribution >= 4 is 5.78 Å². The number of hydrogen-bond acceptors (Lipinski definition) is 3. The summed E-state index contributed by atoms with van der Waals surface area (Å²) in [6.45, 7) is 1.63. The smallest absolute Gasteiger partial charge is 0.141 e. The van der Waals surface area contributed by atoms with Crippen LogP contribution in [0.2, 0.25) is 0 Å². The fraction of sp³-hybridized carbons (Fsp3) is 0.833. The Morgan fingerprint density at radius 2 is 2.11 bits per heavy atom. The van der Waals surface area contributed by atoms with Crippen LogP contribution < -0.4 is 0 Å². The van der Waals surface area contributed by atoms with E-state index in [1.54, 1.807) is 6.92 Å². The van der Waals surface area contributed by atoms with Crippen molar-refractivity contribution in [3.05, 3.63) is 0 Å². The molecule has 0 aromatic heterocycles. The van der Waals surface area contributed by atoms with Gasteiger partial charge in [0.25, 0.3) is 0 Å². The lowest BCUT2D eigenvalue weighted by atomic mass is 10.1. The van der Waals surface area contributed by atoms with Gasteiger partial charge in [0.15, 0.2) is 0 Å². The third kappa shape index (κ3) is 0.976. The molecule has 3 heteroatoms. The molecule has 1 rings (SSSR count). The molecule has 3 nitrogen and oxygen atoms in total. The van der Waals surface area contributed by atoms with E-state index >= 15 is 0 Å². The Morgan fingerprint density at radius 1 is 1.56 bits per heavy atom. The number of aliphatic hydroxyl groups is 2. The first-order valence-electron chi connectivity index (χ1n) is 3.02. The quantitative estimate of drug-likeness (QED) is 0.456. The van der Waals surface area contributed by atoms with E-state index < -0.39 is 12.2 Å². The van der Waals surface area contributed by atoms with Gasteiger partial charge >= 0.3 is 0 Å². The number of carbonyl (C=O) groups is 1. The van der Waals surface area contributed by atoms with Crippen LogP contribution >= 0.6 is 0 Å². The van der Waals surface area contributed by atoms with Crippen molar-refractivity contribution < 1.29 is 15.0 Å². The highest BCUT2D eigenvalue weighted by Crippen LogP contribution is 2.21. The predicted octanol–water partition coefficient (Wildman–Crippen LogP) is -0.683. The van der Waals surface area contributed by atoms with Crippen LogP contribution in [-0.4, -0.2) is 28.2 Å². The normalized spacial score (nSPS) is 43.9. The third-order valence-corrected chi connectivity index (χ3v) is 1.82. The van der Waals surface area contributed by atoms with Crippen molar-refractivity contribution in [1.29, 1.82) is 0 Å². The standard InChI is InChI=1S/C6H10O3/c1-3-4(7)2-5(8)6(3)9/h3,5-6,8-9H,2H2,1H3/t3-,5?,6?/m0/s1. The molecule has 52 valence electrons. The molecule has 9 heavy (non-hydrogen) atoms. The summed E-state index contributed by atoms with van der Waals surface area (Å²) < 4.78 is 0. The van der Waals surface area contributed by atoms with Crippen LogP contribution in [0.3, 0.4) is 0 Å². The zero-order chi connectivity index (χ0) is 7.02. The van der Waals surface area contributed by atoms with Gasteiger partial charge in [0.2, 0.25) is 0 Å². The van der Waals surface area contributed by atoms with E-state index in [9.17, 15) is 4.79 Å². The molecule has 1 aliphatic rings. The topological polar surface area (TPSA) is 57.5 Å². The summed E-state index contributed by atoms with van der Waals surface area (Å²) in [5, 5.41) is 17.8. The molecular weight excluding hydrogens is 120 g/mol. The average molecular weight is 130 g/mol. The van der Waals surface area contributed by atoms with Crippen LogP contribution in [0.4, 0.5) is 0 Å². The fourth-order valence-corrected chi connectivity index (χ4v) is 1.04. The lowest BCUT2D eigenvalue weighted by Crippen LogP contribution is -2.23. The van der Waals surface area contributed by atoms with Crippen LogP contribution in [0, 0.1) is 5.92 Å². The second kappa shape index (κ2) is 2.08. The van der Waals surface area contributed by atoms with Crippen molar-refractivity contribution in [2.24, 2.45) is 5.92 Å². The maximum atomic E-state index is 10.7. The molecule has 0 saturated heterocycles. The monoisotopic (exact) mass is 130 g/mol. The van der Waals surface area contributed by atoms with E-state index in [0.29, 0.717) is 0 Å². The largest absolute Gasteiger partial charge is 0.390 e. The van der Waals surface area contributed by atoms with Crippen molar-refractivity contribution in [3.63, 3.8) is 0 Å². The van der Waals surface area contributed by atoms with Gasteiger partial charge in [0.1, 0.15) is 5.78 Å². The Kier molecular flexibility index (Phi) is 1.55. The lowest BCUT2D eigenvalue weighted by Gasteiger charge is -2.08. The molecule has 2 N–H and O–H groups in total. The van der Waals surface area contributed by atoms with Crippen LogP contribution in [-0.2, 0) is 4.79 Å². The first kappa shape index (κ1) is 6.71. The molecule has 0 amide bonds. The maximum Gasteiger partial charge on any atom is 0.141 e. The molecule has 0 heterocycles. The van der Waals surface area contributed by atoms with Gasteiger partial charge in [-0.2, -0.15) is 0 Å². The minimum atomic E-state index is -0.836. The maximum absolute atomic E-state index is 10.7. The molecule has 0 aromatic carbocycles. The molecule has 2 unspecified atom stereocenters. The third-order valence-electron chi connectivity index (χ3n) is 1.82.